The molecular formula is C18H24N6O2. The van der Waals surface area contributed by atoms with Crippen molar-refractivity contribution in [3.63, 3.8) is 0 Å². The molecule has 1 aliphatic rings. The van der Waals surface area contributed by atoms with Crippen LogP contribution in [0.5, 0.6) is 0 Å². The van der Waals surface area contributed by atoms with E-state index in [0.29, 0.717) is 23.4 Å². The molecule has 2 amide bonds. The molecule has 0 spiro atoms. The maximum absolute atomic E-state index is 11.7. The first-order valence-electron chi connectivity index (χ1n) is 8.53. The summed E-state index contributed by atoms with van der Waals surface area (Å²) < 4.78 is 0. The zero-order valence-corrected chi connectivity index (χ0v) is 15.1. The van der Waals surface area contributed by atoms with E-state index in [1.165, 1.54) is 7.05 Å². The molecule has 138 valence electrons. The Morgan fingerprint density at radius 2 is 2.12 bits per heavy atom. The third kappa shape index (κ3) is 5.04. The van der Waals surface area contributed by atoms with E-state index in [0.717, 1.165) is 32.7 Å². The molecule has 0 aliphatic carbocycles. The number of amidine groups is 1. The molecule has 1 fully saturated rings. The van der Waals surface area contributed by atoms with Crippen LogP contribution in [0.25, 0.3) is 0 Å². The zero-order valence-electron chi connectivity index (χ0n) is 15.1. The lowest BCUT2D eigenvalue weighted by atomic mass is 10.1. The number of nitrogens with one attached hydrogen (secondary N) is 3. The Morgan fingerprint density at radius 3 is 2.73 bits per heavy atom. The van der Waals surface area contributed by atoms with Crippen LogP contribution in [-0.2, 0) is 9.59 Å². The number of hydrogen-bond acceptors (Lipinski definition) is 5. The number of likely N-dealkylation sites (N-methyl/N-ethyl adjacent to an activating group) is 2. The fourth-order valence-corrected chi connectivity index (χ4v) is 2.66. The van der Waals surface area contributed by atoms with E-state index in [2.05, 4.69) is 39.3 Å². The summed E-state index contributed by atoms with van der Waals surface area (Å²) >= 11 is 0. The topological polar surface area (TPSA) is 101 Å². The van der Waals surface area contributed by atoms with Crippen LogP contribution in [0.4, 0.5) is 0 Å². The highest BCUT2D eigenvalue weighted by Gasteiger charge is 2.19. The Balaban J connectivity index is 2.10. The van der Waals surface area contributed by atoms with Crippen molar-refractivity contribution in [1.29, 1.82) is 5.41 Å². The van der Waals surface area contributed by atoms with Crippen molar-refractivity contribution < 1.29 is 9.59 Å². The minimum Gasteiger partial charge on any atom is -0.357 e. The fourth-order valence-electron chi connectivity index (χ4n) is 2.66. The molecule has 0 unspecified atom stereocenters. The number of carbonyl (C=O) groups is 2. The van der Waals surface area contributed by atoms with Crippen LogP contribution in [0.15, 0.2) is 18.5 Å². The third-order valence-corrected chi connectivity index (χ3v) is 4.25. The Kier molecular flexibility index (Phi) is 7.12. The molecule has 8 heteroatoms. The molecule has 8 nitrogen and oxygen atoms in total. The standard InChI is InChI=1S/C18H24N6O2/c1-3-23-6-8-24(9-7-23)17(19)15-10-14(11-21-12-15)4-5-16(22-13-25)18(26)20-2/h10-13,16,19H,3,6-9H2,1-2H3,(H,20,26)(H,22,25)/t16-/m0/s1. The highest BCUT2D eigenvalue weighted by molar-refractivity contribution is 5.96. The SMILES string of the molecule is CCN1CCN(C(=N)c2cncc(C#C[C@H](NC=O)C(=O)NC)c2)CC1. The number of aromatic nitrogens is 1. The molecule has 26 heavy (non-hydrogen) atoms. The van der Waals surface area contributed by atoms with Gasteiger partial charge in [-0.05, 0) is 12.6 Å². The Labute approximate surface area is 153 Å². The quantitative estimate of drug-likeness (QED) is 0.279. The summed E-state index contributed by atoms with van der Waals surface area (Å²) in [4.78, 5) is 30.8. The van der Waals surface area contributed by atoms with Gasteiger partial charge in [0.2, 0.25) is 6.41 Å². The minimum atomic E-state index is -0.928. The highest BCUT2D eigenvalue weighted by Crippen LogP contribution is 2.09. The van der Waals surface area contributed by atoms with Gasteiger partial charge in [-0.25, -0.2) is 0 Å². The van der Waals surface area contributed by atoms with Crippen LogP contribution in [-0.4, -0.2) is 78.7 Å². The van der Waals surface area contributed by atoms with Gasteiger partial charge in [-0.15, -0.1) is 0 Å². The number of carbonyl (C=O) groups excluding carboxylic acids is 2. The molecule has 1 atom stereocenters. The van der Waals surface area contributed by atoms with Crippen molar-refractivity contribution in [2.24, 2.45) is 0 Å². The van der Waals surface area contributed by atoms with E-state index in [4.69, 9.17) is 5.41 Å². The van der Waals surface area contributed by atoms with Crippen LogP contribution < -0.4 is 10.6 Å². The van der Waals surface area contributed by atoms with Crippen LogP contribution in [0.3, 0.4) is 0 Å². The van der Waals surface area contributed by atoms with Crippen LogP contribution >= 0.6 is 0 Å². The lowest BCUT2D eigenvalue weighted by molar-refractivity contribution is -0.123. The second-order valence-corrected chi connectivity index (χ2v) is 5.83. The van der Waals surface area contributed by atoms with Crippen molar-refractivity contribution >= 4 is 18.2 Å². The number of amides is 2. The van der Waals surface area contributed by atoms with E-state index in [9.17, 15) is 9.59 Å². The van der Waals surface area contributed by atoms with Gasteiger partial charge in [0.05, 0.1) is 0 Å². The normalized spacial score (nSPS) is 15.4. The molecule has 3 N–H and O–H groups in total. The van der Waals surface area contributed by atoms with Gasteiger partial charge in [0.1, 0.15) is 5.84 Å². The summed E-state index contributed by atoms with van der Waals surface area (Å²) in [6.45, 7) is 6.66. The third-order valence-electron chi connectivity index (χ3n) is 4.25. The van der Waals surface area contributed by atoms with Gasteiger partial charge in [-0.2, -0.15) is 0 Å². The highest BCUT2D eigenvalue weighted by atomic mass is 16.2. The summed E-state index contributed by atoms with van der Waals surface area (Å²) in [5.74, 6) is 5.58. The number of hydrogen-bond donors (Lipinski definition) is 3. The Hall–Kier alpha value is -2.92. The predicted molar refractivity (Wildman–Crippen MR) is 98.7 cm³/mol. The monoisotopic (exact) mass is 356 g/mol. The molecule has 1 saturated heterocycles. The van der Waals surface area contributed by atoms with Gasteiger partial charge in [-0.3, -0.25) is 20.0 Å². The van der Waals surface area contributed by atoms with Crippen molar-refractivity contribution in [3.05, 3.63) is 29.6 Å². The summed E-state index contributed by atoms with van der Waals surface area (Å²) in [6.07, 6.45) is 3.65. The molecule has 1 aromatic heterocycles. The van der Waals surface area contributed by atoms with Gasteiger partial charge in [0.15, 0.2) is 6.04 Å². The Morgan fingerprint density at radius 1 is 1.38 bits per heavy atom. The smallest absolute Gasteiger partial charge is 0.254 e. The molecule has 1 aromatic rings. The van der Waals surface area contributed by atoms with Crippen LogP contribution in [0.1, 0.15) is 18.1 Å². The number of piperazine rings is 1. The molecule has 0 aromatic carbocycles. The molecule has 2 heterocycles. The van der Waals surface area contributed by atoms with E-state index < -0.39 is 11.9 Å². The maximum Gasteiger partial charge on any atom is 0.254 e. The lowest BCUT2D eigenvalue weighted by Gasteiger charge is -2.35. The number of pyridine rings is 1. The van der Waals surface area contributed by atoms with E-state index in [-0.39, 0.29) is 0 Å². The summed E-state index contributed by atoms with van der Waals surface area (Å²) in [6, 6.07) is 0.846. The van der Waals surface area contributed by atoms with Crippen LogP contribution in [0, 0.1) is 17.3 Å². The van der Waals surface area contributed by atoms with Crippen molar-refractivity contribution in [2.45, 2.75) is 13.0 Å². The average molecular weight is 356 g/mol. The summed E-state index contributed by atoms with van der Waals surface area (Å²) in [5, 5.41) is 13.2. The predicted octanol–water partition coefficient (Wildman–Crippen LogP) is -0.743. The molecule has 1 aliphatic heterocycles. The van der Waals surface area contributed by atoms with Gasteiger partial charge in [-0.1, -0.05) is 18.8 Å². The molecule has 0 bridgehead atoms. The number of nitrogens with zero attached hydrogens (tertiary/aromatic N) is 3. The zero-order chi connectivity index (χ0) is 18.9. The maximum atomic E-state index is 11.7. The lowest BCUT2D eigenvalue weighted by Crippen LogP contribution is -2.48. The second-order valence-electron chi connectivity index (χ2n) is 5.83. The summed E-state index contributed by atoms with van der Waals surface area (Å²) in [7, 11) is 1.48. The van der Waals surface area contributed by atoms with Crippen molar-refractivity contribution in [3.8, 4) is 11.8 Å². The van der Waals surface area contributed by atoms with E-state index in [1.54, 1.807) is 18.5 Å². The average Bonchev–Trinajstić information content (AvgIpc) is 2.70. The van der Waals surface area contributed by atoms with E-state index >= 15 is 0 Å². The van der Waals surface area contributed by atoms with Gasteiger partial charge >= 0.3 is 0 Å². The second kappa shape index (κ2) is 9.53. The van der Waals surface area contributed by atoms with Gasteiger partial charge < -0.3 is 20.4 Å². The Bertz CT molecular complexity index is 716. The van der Waals surface area contributed by atoms with E-state index in [1.807, 2.05) is 4.90 Å². The van der Waals surface area contributed by atoms with Crippen molar-refractivity contribution in [1.82, 2.24) is 25.4 Å². The molecule has 0 radical (unpaired) electrons. The fraction of sp³-hybridized carbons (Fsp3) is 0.444. The van der Waals surface area contributed by atoms with Crippen molar-refractivity contribution in [2.75, 3.05) is 39.8 Å². The summed E-state index contributed by atoms with van der Waals surface area (Å²) in [5.41, 5.74) is 1.27. The molecular weight excluding hydrogens is 332 g/mol. The minimum absolute atomic E-state index is 0.393. The molecule has 2 rings (SSSR count). The first kappa shape index (κ1) is 19.4. The largest absolute Gasteiger partial charge is 0.357 e. The first-order valence-corrected chi connectivity index (χ1v) is 8.53. The van der Waals surface area contributed by atoms with Gasteiger partial charge in [0.25, 0.3) is 5.91 Å². The van der Waals surface area contributed by atoms with Gasteiger partial charge in [0, 0.05) is 56.7 Å². The van der Waals surface area contributed by atoms with Crippen LogP contribution in [0.2, 0.25) is 0 Å². The first-order chi connectivity index (χ1) is 12.6. The molecule has 0 saturated carbocycles. The number of rotatable bonds is 5.